The van der Waals surface area contributed by atoms with Gasteiger partial charge in [-0.25, -0.2) is 0 Å². The van der Waals surface area contributed by atoms with Gasteiger partial charge in [0.1, 0.15) is 17.2 Å². The lowest BCUT2D eigenvalue weighted by atomic mass is 9.95. The lowest BCUT2D eigenvalue weighted by Gasteiger charge is -2.20. The zero-order valence-electron chi connectivity index (χ0n) is 21.0. The number of hydrogen-bond donors (Lipinski definition) is 2. The van der Waals surface area contributed by atoms with Crippen molar-refractivity contribution < 1.29 is 19.7 Å². The molecule has 3 rings (SSSR count). The molecule has 2 N–H and O–H groups in total. The fraction of sp³-hybridized carbons (Fsp3) is 0.379. The van der Waals surface area contributed by atoms with E-state index in [-0.39, 0.29) is 0 Å². The number of ether oxygens (including phenoxy) is 2. The third kappa shape index (κ3) is 8.71. The van der Waals surface area contributed by atoms with Gasteiger partial charge in [-0.1, -0.05) is 36.4 Å². The van der Waals surface area contributed by atoms with Crippen molar-refractivity contribution in [3.63, 3.8) is 0 Å². The van der Waals surface area contributed by atoms with Gasteiger partial charge in [0.2, 0.25) is 0 Å². The van der Waals surface area contributed by atoms with Crippen LogP contribution in [0.3, 0.4) is 0 Å². The number of phenols is 1. The van der Waals surface area contributed by atoms with Gasteiger partial charge in [-0.2, -0.15) is 23.5 Å². The maximum atomic E-state index is 11.2. The molecule has 35 heavy (non-hydrogen) atoms. The molecule has 0 aromatic heterocycles. The van der Waals surface area contributed by atoms with Gasteiger partial charge in [-0.3, -0.25) is 0 Å². The first-order valence-corrected chi connectivity index (χ1v) is 14.1. The van der Waals surface area contributed by atoms with E-state index in [2.05, 4.69) is 30.3 Å². The number of methoxy groups -OCH3 is 2. The number of thioether (sulfide) groups is 2. The quantitative estimate of drug-likeness (QED) is 0.258. The second kappa shape index (κ2) is 13.1. The lowest BCUT2D eigenvalue weighted by molar-refractivity contribution is 0.0713. The average molecular weight is 513 g/mol. The molecule has 0 saturated heterocycles. The molecule has 188 valence electrons. The molecule has 0 amide bonds. The highest BCUT2D eigenvalue weighted by molar-refractivity contribution is 7.98. The summed E-state index contributed by atoms with van der Waals surface area (Å²) >= 11 is 3.57. The Balaban J connectivity index is 1.68. The van der Waals surface area contributed by atoms with Crippen LogP contribution in [0.1, 0.15) is 48.1 Å². The van der Waals surface area contributed by atoms with Crippen LogP contribution in [0.5, 0.6) is 17.2 Å². The fourth-order valence-corrected chi connectivity index (χ4v) is 5.71. The number of benzene rings is 3. The second-order valence-electron chi connectivity index (χ2n) is 9.21. The van der Waals surface area contributed by atoms with Gasteiger partial charge in [-0.05, 0) is 67.6 Å². The number of phenolic OH excluding ortho intramolecular Hbond substituents is 1. The summed E-state index contributed by atoms with van der Waals surface area (Å²) in [5.74, 6) is 5.27. The molecular formula is C29H36O4S2. The van der Waals surface area contributed by atoms with Crippen molar-refractivity contribution in [2.24, 2.45) is 0 Å². The van der Waals surface area contributed by atoms with E-state index in [1.54, 1.807) is 37.7 Å². The molecule has 0 heterocycles. The highest BCUT2D eigenvalue weighted by atomic mass is 32.2. The predicted octanol–water partition coefficient (Wildman–Crippen LogP) is 6.98. The third-order valence-electron chi connectivity index (χ3n) is 5.83. The number of aromatic hydroxyl groups is 1. The number of hydrogen-bond acceptors (Lipinski definition) is 6. The fourth-order valence-electron chi connectivity index (χ4n) is 3.67. The molecule has 0 atom stereocenters. The van der Waals surface area contributed by atoms with E-state index in [0.717, 1.165) is 57.6 Å². The van der Waals surface area contributed by atoms with E-state index < -0.39 is 5.60 Å². The summed E-state index contributed by atoms with van der Waals surface area (Å²) in [7, 11) is 3.34. The Hall–Kier alpha value is -2.28. The minimum absolute atomic E-state index is 0.391. The van der Waals surface area contributed by atoms with Gasteiger partial charge in [0.15, 0.2) is 0 Å². The van der Waals surface area contributed by atoms with Crippen LogP contribution < -0.4 is 9.47 Å². The van der Waals surface area contributed by atoms with Gasteiger partial charge in [0.05, 0.1) is 19.8 Å². The SMILES string of the molecule is COc1ccc(CSCc2ccc(CCC(C)(C)O)c(CSCc3ccc(OC)cc3)c2O)cc1. The maximum absolute atomic E-state index is 11.2. The molecule has 0 bridgehead atoms. The Bertz CT molecular complexity index is 1060. The van der Waals surface area contributed by atoms with Crippen LogP contribution in [0.25, 0.3) is 0 Å². The van der Waals surface area contributed by atoms with E-state index in [4.69, 9.17) is 9.47 Å². The highest BCUT2D eigenvalue weighted by Gasteiger charge is 2.17. The molecule has 0 aliphatic carbocycles. The molecule has 0 saturated carbocycles. The van der Waals surface area contributed by atoms with E-state index in [1.165, 1.54) is 11.1 Å². The van der Waals surface area contributed by atoms with Crippen LogP contribution in [-0.4, -0.2) is 30.0 Å². The zero-order valence-corrected chi connectivity index (χ0v) is 22.7. The molecule has 0 radical (unpaired) electrons. The first-order valence-electron chi connectivity index (χ1n) is 11.8. The van der Waals surface area contributed by atoms with Crippen molar-refractivity contribution in [3.8, 4) is 17.2 Å². The molecule has 6 heteroatoms. The Labute approximate surface area is 218 Å². The van der Waals surface area contributed by atoms with E-state index >= 15 is 0 Å². The Morgan fingerprint density at radius 3 is 1.66 bits per heavy atom. The van der Waals surface area contributed by atoms with E-state index in [0.29, 0.717) is 12.2 Å². The first kappa shape index (κ1) is 27.3. The van der Waals surface area contributed by atoms with Crippen molar-refractivity contribution in [2.75, 3.05) is 14.2 Å². The molecule has 0 spiro atoms. The zero-order chi connectivity index (χ0) is 25.3. The van der Waals surface area contributed by atoms with Gasteiger partial charge in [0, 0.05) is 34.1 Å². The summed E-state index contributed by atoms with van der Waals surface area (Å²) in [6, 6.07) is 20.4. The van der Waals surface area contributed by atoms with Crippen LogP contribution in [0, 0.1) is 0 Å². The van der Waals surface area contributed by atoms with Crippen LogP contribution in [-0.2, 0) is 29.4 Å². The highest BCUT2D eigenvalue weighted by Crippen LogP contribution is 2.35. The summed E-state index contributed by atoms with van der Waals surface area (Å²) in [6.45, 7) is 3.66. The molecule has 3 aromatic rings. The Morgan fingerprint density at radius 2 is 1.17 bits per heavy atom. The summed E-state index contributed by atoms with van der Waals surface area (Å²) in [5.41, 5.74) is 4.75. The molecular weight excluding hydrogens is 476 g/mol. The van der Waals surface area contributed by atoms with Crippen molar-refractivity contribution in [2.45, 2.75) is 55.3 Å². The summed E-state index contributed by atoms with van der Waals surface area (Å²) in [5, 5.41) is 21.4. The van der Waals surface area contributed by atoms with E-state index in [1.807, 2.05) is 44.2 Å². The van der Waals surface area contributed by atoms with Crippen LogP contribution in [0.2, 0.25) is 0 Å². The normalized spacial score (nSPS) is 11.5. The van der Waals surface area contributed by atoms with Gasteiger partial charge >= 0.3 is 0 Å². The lowest BCUT2D eigenvalue weighted by Crippen LogP contribution is -2.19. The van der Waals surface area contributed by atoms with Crippen molar-refractivity contribution in [1.29, 1.82) is 0 Å². The Kier molecular flexibility index (Phi) is 10.3. The summed E-state index contributed by atoms with van der Waals surface area (Å²) in [4.78, 5) is 0. The average Bonchev–Trinajstić information content (AvgIpc) is 2.85. The smallest absolute Gasteiger partial charge is 0.123 e. The van der Waals surface area contributed by atoms with Crippen LogP contribution in [0.15, 0.2) is 60.7 Å². The topological polar surface area (TPSA) is 58.9 Å². The van der Waals surface area contributed by atoms with Gasteiger partial charge in [-0.15, -0.1) is 0 Å². The number of rotatable bonds is 13. The largest absolute Gasteiger partial charge is 0.507 e. The van der Waals surface area contributed by atoms with Crippen molar-refractivity contribution in [3.05, 3.63) is 88.5 Å². The van der Waals surface area contributed by atoms with E-state index in [9.17, 15) is 10.2 Å². The monoisotopic (exact) mass is 512 g/mol. The minimum atomic E-state index is -0.740. The first-order chi connectivity index (χ1) is 16.8. The van der Waals surface area contributed by atoms with Gasteiger partial charge in [0.25, 0.3) is 0 Å². The summed E-state index contributed by atoms with van der Waals surface area (Å²) in [6.07, 6.45) is 1.38. The van der Waals surface area contributed by atoms with Gasteiger partial charge < -0.3 is 19.7 Å². The molecule has 3 aromatic carbocycles. The van der Waals surface area contributed by atoms with Crippen molar-refractivity contribution in [1.82, 2.24) is 0 Å². The Morgan fingerprint density at radius 1 is 0.686 bits per heavy atom. The summed E-state index contributed by atoms with van der Waals surface area (Å²) < 4.78 is 10.5. The second-order valence-corrected chi connectivity index (χ2v) is 11.2. The number of aliphatic hydroxyl groups is 1. The standard InChI is InChI=1S/C29H36O4S2/c1-29(2,31)16-15-23-9-10-24(19-34-17-21-5-11-25(32-3)12-6-21)28(30)27(23)20-35-18-22-7-13-26(33-4)14-8-22/h5-14,30-31H,15-20H2,1-4H3. The third-order valence-corrected chi connectivity index (χ3v) is 7.91. The molecule has 0 fully saturated rings. The molecule has 4 nitrogen and oxygen atoms in total. The number of aryl methyl sites for hydroxylation is 1. The van der Waals surface area contributed by atoms with Crippen LogP contribution >= 0.6 is 23.5 Å². The molecule has 0 unspecified atom stereocenters. The predicted molar refractivity (Wildman–Crippen MR) is 149 cm³/mol. The van der Waals surface area contributed by atoms with Crippen LogP contribution in [0.4, 0.5) is 0 Å². The maximum Gasteiger partial charge on any atom is 0.123 e. The molecule has 0 aliphatic rings. The van der Waals surface area contributed by atoms with Crippen molar-refractivity contribution >= 4 is 23.5 Å². The minimum Gasteiger partial charge on any atom is -0.507 e. The molecule has 0 aliphatic heterocycles.